The minimum absolute atomic E-state index is 0.403. The van der Waals surface area contributed by atoms with Gasteiger partial charge in [-0.25, -0.2) is 0 Å². The van der Waals surface area contributed by atoms with Gasteiger partial charge in [0.15, 0.2) is 0 Å². The summed E-state index contributed by atoms with van der Waals surface area (Å²) >= 11 is 0. The van der Waals surface area contributed by atoms with E-state index in [-0.39, 0.29) is 0 Å². The van der Waals surface area contributed by atoms with Crippen molar-refractivity contribution < 1.29 is 0 Å². The van der Waals surface area contributed by atoms with Crippen molar-refractivity contribution in [2.24, 2.45) is 0 Å². The molecule has 0 aromatic heterocycles. The Hall–Kier alpha value is 0.430. The number of rotatable bonds is 4. The molecule has 0 aliphatic heterocycles. The van der Waals surface area contributed by atoms with E-state index in [0.29, 0.717) is 7.92 Å². The van der Waals surface area contributed by atoms with Gasteiger partial charge < -0.3 is 0 Å². The standard InChI is InChI=1S/C15H29P/c1-2-13-16(14-9-5-3-6-10-14)15-11-7-4-8-12-15/h14-15H,2-13H2,1H3. The fourth-order valence-corrected chi connectivity index (χ4v) is 7.65. The summed E-state index contributed by atoms with van der Waals surface area (Å²) < 4.78 is 0. The molecule has 0 amide bonds. The summed E-state index contributed by atoms with van der Waals surface area (Å²) in [5.41, 5.74) is 2.35. The van der Waals surface area contributed by atoms with E-state index in [0.717, 1.165) is 0 Å². The summed E-state index contributed by atoms with van der Waals surface area (Å²) in [6.07, 6.45) is 18.6. The Balaban J connectivity index is 1.91. The lowest BCUT2D eigenvalue weighted by Crippen LogP contribution is -2.21. The van der Waals surface area contributed by atoms with Crippen LogP contribution in [-0.4, -0.2) is 17.5 Å². The Bertz CT molecular complexity index is 160. The SMILES string of the molecule is CCCP(C1CCCCC1)C1CCCCC1. The molecule has 0 saturated heterocycles. The summed E-state index contributed by atoms with van der Waals surface area (Å²) in [6.45, 7) is 2.40. The topological polar surface area (TPSA) is 0 Å². The van der Waals surface area contributed by atoms with Gasteiger partial charge in [0.25, 0.3) is 0 Å². The first kappa shape index (κ1) is 12.9. The van der Waals surface area contributed by atoms with Gasteiger partial charge in [0.05, 0.1) is 0 Å². The average molecular weight is 240 g/mol. The van der Waals surface area contributed by atoms with Crippen LogP contribution >= 0.6 is 7.92 Å². The van der Waals surface area contributed by atoms with Crippen LogP contribution < -0.4 is 0 Å². The third-order valence-corrected chi connectivity index (χ3v) is 8.44. The second-order valence-electron chi connectivity index (χ2n) is 5.82. The zero-order valence-corrected chi connectivity index (χ0v) is 12.0. The monoisotopic (exact) mass is 240 g/mol. The van der Waals surface area contributed by atoms with Crippen LogP contribution in [0.1, 0.15) is 77.6 Å². The normalized spacial score (nSPS) is 25.1. The largest absolute Gasteiger partial charge is 0.100 e. The first-order chi connectivity index (χ1) is 7.92. The molecule has 2 aliphatic rings. The molecular formula is C15H29P. The van der Waals surface area contributed by atoms with Gasteiger partial charge in [-0.3, -0.25) is 0 Å². The molecule has 2 rings (SSSR count). The molecule has 2 aliphatic carbocycles. The molecule has 0 unspecified atom stereocenters. The van der Waals surface area contributed by atoms with Crippen molar-refractivity contribution in [3.63, 3.8) is 0 Å². The van der Waals surface area contributed by atoms with E-state index < -0.39 is 0 Å². The minimum atomic E-state index is 0.403. The van der Waals surface area contributed by atoms with Gasteiger partial charge in [-0.2, -0.15) is 0 Å². The molecule has 0 radical (unpaired) electrons. The summed E-state index contributed by atoms with van der Waals surface area (Å²) in [4.78, 5) is 0. The summed E-state index contributed by atoms with van der Waals surface area (Å²) in [5, 5.41) is 0. The average Bonchev–Trinajstić information content (AvgIpc) is 2.38. The lowest BCUT2D eigenvalue weighted by molar-refractivity contribution is 0.484. The molecule has 2 fully saturated rings. The zero-order valence-electron chi connectivity index (χ0n) is 11.1. The maximum atomic E-state index is 2.40. The van der Waals surface area contributed by atoms with E-state index >= 15 is 0 Å². The number of hydrogen-bond donors (Lipinski definition) is 0. The van der Waals surface area contributed by atoms with Crippen molar-refractivity contribution in [2.75, 3.05) is 6.16 Å². The molecule has 0 N–H and O–H groups in total. The maximum Gasteiger partial charge on any atom is -0.0207 e. The fraction of sp³-hybridized carbons (Fsp3) is 1.00. The highest BCUT2D eigenvalue weighted by molar-refractivity contribution is 7.59. The van der Waals surface area contributed by atoms with E-state index in [9.17, 15) is 0 Å². The first-order valence-electron chi connectivity index (χ1n) is 7.67. The van der Waals surface area contributed by atoms with Gasteiger partial charge in [-0.1, -0.05) is 51.9 Å². The van der Waals surface area contributed by atoms with Crippen molar-refractivity contribution in [2.45, 2.75) is 88.9 Å². The lowest BCUT2D eigenvalue weighted by atomic mass is 9.99. The molecule has 0 atom stereocenters. The van der Waals surface area contributed by atoms with Crippen molar-refractivity contribution in [3.05, 3.63) is 0 Å². The molecule has 0 aromatic rings. The highest BCUT2D eigenvalue weighted by atomic mass is 31.1. The first-order valence-corrected chi connectivity index (χ1v) is 9.34. The van der Waals surface area contributed by atoms with Crippen LogP contribution in [0.4, 0.5) is 0 Å². The molecule has 0 nitrogen and oxygen atoms in total. The molecule has 2 saturated carbocycles. The van der Waals surface area contributed by atoms with Crippen molar-refractivity contribution in [1.29, 1.82) is 0 Å². The van der Waals surface area contributed by atoms with E-state index in [1.165, 1.54) is 30.6 Å². The van der Waals surface area contributed by atoms with E-state index in [1.807, 2.05) is 0 Å². The van der Waals surface area contributed by atoms with Gasteiger partial charge in [0.2, 0.25) is 0 Å². The maximum absolute atomic E-state index is 2.40. The Labute approximate surface area is 103 Å². The van der Waals surface area contributed by atoms with Crippen LogP contribution in [0.3, 0.4) is 0 Å². The van der Waals surface area contributed by atoms with Crippen LogP contribution in [0.5, 0.6) is 0 Å². The Morgan fingerprint density at radius 2 is 1.19 bits per heavy atom. The smallest absolute Gasteiger partial charge is 0.0207 e. The second-order valence-corrected chi connectivity index (χ2v) is 8.76. The van der Waals surface area contributed by atoms with Crippen LogP contribution in [0.2, 0.25) is 0 Å². The van der Waals surface area contributed by atoms with Crippen LogP contribution in [0.25, 0.3) is 0 Å². The Kier molecular flexibility index (Phi) is 5.63. The lowest BCUT2D eigenvalue weighted by Gasteiger charge is -2.38. The highest BCUT2D eigenvalue weighted by Gasteiger charge is 2.29. The molecule has 0 spiro atoms. The van der Waals surface area contributed by atoms with Gasteiger partial charge >= 0.3 is 0 Å². The van der Waals surface area contributed by atoms with Gasteiger partial charge in [0.1, 0.15) is 0 Å². The second kappa shape index (κ2) is 7.00. The van der Waals surface area contributed by atoms with Crippen LogP contribution in [0, 0.1) is 0 Å². The van der Waals surface area contributed by atoms with E-state index in [2.05, 4.69) is 6.92 Å². The van der Waals surface area contributed by atoms with Crippen LogP contribution in [0.15, 0.2) is 0 Å². The molecule has 1 heteroatoms. The van der Waals surface area contributed by atoms with Gasteiger partial charge in [0, 0.05) is 0 Å². The third-order valence-electron chi connectivity index (χ3n) is 4.57. The van der Waals surface area contributed by atoms with Gasteiger partial charge in [-0.05, 0) is 43.2 Å². The van der Waals surface area contributed by atoms with Gasteiger partial charge in [-0.15, -0.1) is 7.92 Å². The summed E-state index contributed by atoms with van der Waals surface area (Å²) in [5.74, 6) is 0. The highest BCUT2D eigenvalue weighted by Crippen LogP contribution is 2.55. The molecular weight excluding hydrogens is 211 g/mol. The van der Waals surface area contributed by atoms with E-state index in [4.69, 9.17) is 0 Å². The van der Waals surface area contributed by atoms with Crippen LogP contribution in [-0.2, 0) is 0 Å². The molecule has 0 bridgehead atoms. The third kappa shape index (κ3) is 3.46. The molecule has 94 valence electrons. The quantitative estimate of drug-likeness (QED) is 0.566. The molecule has 0 heterocycles. The van der Waals surface area contributed by atoms with Crippen molar-refractivity contribution in [3.8, 4) is 0 Å². The number of hydrogen-bond acceptors (Lipinski definition) is 0. The predicted molar refractivity (Wildman–Crippen MR) is 75.8 cm³/mol. The van der Waals surface area contributed by atoms with E-state index in [1.54, 1.807) is 57.5 Å². The van der Waals surface area contributed by atoms with Crippen molar-refractivity contribution >= 4 is 7.92 Å². The van der Waals surface area contributed by atoms with Crippen molar-refractivity contribution in [1.82, 2.24) is 0 Å². The summed E-state index contributed by atoms with van der Waals surface area (Å²) in [7, 11) is 0.403. The Morgan fingerprint density at radius 3 is 1.56 bits per heavy atom. The molecule has 0 aromatic carbocycles. The zero-order chi connectivity index (χ0) is 11.2. The molecule has 16 heavy (non-hydrogen) atoms. The summed E-state index contributed by atoms with van der Waals surface area (Å²) in [6, 6.07) is 0. The Morgan fingerprint density at radius 1 is 0.750 bits per heavy atom. The fourth-order valence-electron chi connectivity index (χ4n) is 3.75. The minimum Gasteiger partial charge on any atom is -0.100 e. The predicted octanol–water partition coefficient (Wildman–Crippen LogP) is 5.54.